The second-order valence-electron chi connectivity index (χ2n) is 5.48. The molecule has 6 nitrogen and oxygen atoms in total. The molecule has 132 valence electrons. The van der Waals surface area contributed by atoms with E-state index in [1.165, 1.54) is 0 Å². The molecule has 0 aliphatic carbocycles. The first-order chi connectivity index (χ1) is 11.6. The maximum absolute atomic E-state index is 11.9. The Balaban J connectivity index is 2.14. The number of nitrogens with one attached hydrogen (secondary N) is 2. The van der Waals surface area contributed by atoms with E-state index in [-0.39, 0.29) is 17.7 Å². The quantitative estimate of drug-likeness (QED) is 0.505. The summed E-state index contributed by atoms with van der Waals surface area (Å²) < 4.78 is 5.39. The Bertz CT molecular complexity index is 541. The van der Waals surface area contributed by atoms with Gasteiger partial charge in [-0.3, -0.25) is 14.6 Å². The Hall–Kier alpha value is -2.21. The van der Waals surface area contributed by atoms with Gasteiger partial charge in [0, 0.05) is 37.8 Å². The van der Waals surface area contributed by atoms with Crippen molar-refractivity contribution in [3.05, 3.63) is 35.4 Å². The summed E-state index contributed by atoms with van der Waals surface area (Å²) in [6.07, 6.45) is 2.56. The van der Waals surface area contributed by atoms with E-state index in [1.54, 1.807) is 25.4 Å². The number of aliphatic imine (C=N–C) groups is 1. The molecule has 0 heterocycles. The minimum absolute atomic E-state index is 0.0271. The predicted octanol–water partition coefficient (Wildman–Crippen LogP) is 1.64. The van der Waals surface area contributed by atoms with Crippen molar-refractivity contribution in [1.29, 1.82) is 0 Å². The van der Waals surface area contributed by atoms with E-state index in [0.29, 0.717) is 31.9 Å². The lowest BCUT2D eigenvalue weighted by molar-refractivity contribution is -0.124. The van der Waals surface area contributed by atoms with Crippen LogP contribution in [0.5, 0.6) is 0 Å². The van der Waals surface area contributed by atoms with E-state index in [4.69, 9.17) is 4.74 Å². The highest BCUT2D eigenvalue weighted by atomic mass is 16.5. The second-order valence-corrected chi connectivity index (χ2v) is 5.48. The van der Waals surface area contributed by atoms with Crippen LogP contribution in [0, 0.1) is 5.92 Å². The molecule has 0 aromatic heterocycles. The molecular formula is C18H27N3O3. The van der Waals surface area contributed by atoms with Gasteiger partial charge in [0.25, 0.3) is 5.91 Å². The summed E-state index contributed by atoms with van der Waals surface area (Å²) in [6.45, 7) is 5.63. The van der Waals surface area contributed by atoms with Gasteiger partial charge in [-0.25, -0.2) is 0 Å². The molecule has 2 N–H and O–H groups in total. The van der Waals surface area contributed by atoms with Gasteiger partial charge in [0.1, 0.15) is 0 Å². The predicted molar refractivity (Wildman–Crippen MR) is 95.6 cm³/mol. The molecule has 0 saturated carbocycles. The van der Waals surface area contributed by atoms with Crippen molar-refractivity contribution in [2.45, 2.75) is 20.3 Å². The van der Waals surface area contributed by atoms with E-state index in [2.05, 4.69) is 15.6 Å². The van der Waals surface area contributed by atoms with Crippen LogP contribution in [0.25, 0.3) is 0 Å². The van der Waals surface area contributed by atoms with Crippen LogP contribution < -0.4 is 10.6 Å². The van der Waals surface area contributed by atoms with Crippen LogP contribution >= 0.6 is 0 Å². The van der Waals surface area contributed by atoms with Gasteiger partial charge in [0.2, 0.25) is 5.91 Å². The van der Waals surface area contributed by atoms with Crippen LogP contribution in [-0.4, -0.2) is 51.4 Å². The highest BCUT2D eigenvalue weighted by Gasteiger charge is 2.08. The third-order valence-electron chi connectivity index (χ3n) is 3.59. The highest BCUT2D eigenvalue weighted by Crippen LogP contribution is 2.02. The molecule has 0 spiro atoms. The van der Waals surface area contributed by atoms with Crippen LogP contribution in [-0.2, 0) is 9.53 Å². The molecule has 0 fully saturated rings. The minimum Gasteiger partial charge on any atom is -0.378 e. The monoisotopic (exact) mass is 333 g/mol. The largest absolute Gasteiger partial charge is 0.378 e. The molecule has 1 rings (SSSR count). The van der Waals surface area contributed by atoms with Crippen molar-refractivity contribution in [3.8, 4) is 0 Å². The molecule has 0 aliphatic rings. The SMILES string of the molecule is CCC(C)C(=O)NCCOCCNC(=O)c1ccc(/C=N/C)cc1. The number of carbonyl (C=O) groups is 2. The summed E-state index contributed by atoms with van der Waals surface area (Å²) in [5.74, 6) is -0.0612. The van der Waals surface area contributed by atoms with Crippen LogP contribution in [0.3, 0.4) is 0 Å². The van der Waals surface area contributed by atoms with Gasteiger partial charge in [0.15, 0.2) is 0 Å². The van der Waals surface area contributed by atoms with Gasteiger partial charge in [-0.1, -0.05) is 26.0 Å². The zero-order valence-electron chi connectivity index (χ0n) is 14.7. The Morgan fingerprint density at radius 1 is 1.17 bits per heavy atom. The standard InChI is InChI=1S/C18H27N3O3/c1-4-14(2)17(22)20-9-11-24-12-10-21-18(23)16-7-5-15(6-8-16)13-19-3/h5-8,13-14H,4,9-12H2,1-3H3,(H,20,22)(H,21,23)/b19-13+. The first kappa shape index (κ1) is 19.8. The average Bonchev–Trinajstić information content (AvgIpc) is 2.60. The van der Waals surface area contributed by atoms with Crippen LogP contribution in [0.15, 0.2) is 29.3 Å². The zero-order valence-corrected chi connectivity index (χ0v) is 14.7. The molecule has 2 amide bonds. The van der Waals surface area contributed by atoms with Crippen LogP contribution in [0.2, 0.25) is 0 Å². The van der Waals surface area contributed by atoms with Gasteiger partial charge in [-0.15, -0.1) is 0 Å². The fourth-order valence-electron chi connectivity index (χ4n) is 1.92. The Morgan fingerprint density at radius 2 is 1.79 bits per heavy atom. The number of rotatable bonds is 10. The molecule has 0 aliphatic heterocycles. The molecule has 0 radical (unpaired) electrons. The van der Waals surface area contributed by atoms with E-state index in [0.717, 1.165) is 12.0 Å². The smallest absolute Gasteiger partial charge is 0.251 e. The van der Waals surface area contributed by atoms with Gasteiger partial charge < -0.3 is 15.4 Å². The van der Waals surface area contributed by atoms with Gasteiger partial charge in [-0.2, -0.15) is 0 Å². The van der Waals surface area contributed by atoms with E-state index in [1.807, 2.05) is 26.0 Å². The summed E-state index contributed by atoms with van der Waals surface area (Å²) in [4.78, 5) is 27.4. The van der Waals surface area contributed by atoms with E-state index < -0.39 is 0 Å². The molecule has 1 aromatic carbocycles. The number of carbonyl (C=O) groups excluding carboxylic acids is 2. The lowest BCUT2D eigenvalue weighted by atomic mass is 10.1. The lowest BCUT2D eigenvalue weighted by Gasteiger charge is -2.10. The average molecular weight is 333 g/mol. The molecule has 1 unspecified atom stereocenters. The summed E-state index contributed by atoms with van der Waals surface area (Å²) in [7, 11) is 1.70. The van der Waals surface area contributed by atoms with Crippen LogP contribution in [0.4, 0.5) is 0 Å². The van der Waals surface area contributed by atoms with Crippen molar-refractivity contribution >= 4 is 18.0 Å². The Morgan fingerprint density at radius 3 is 2.38 bits per heavy atom. The van der Waals surface area contributed by atoms with Crippen LogP contribution in [0.1, 0.15) is 36.2 Å². The minimum atomic E-state index is -0.135. The van der Waals surface area contributed by atoms with E-state index in [9.17, 15) is 9.59 Å². The van der Waals surface area contributed by atoms with Gasteiger partial charge >= 0.3 is 0 Å². The summed E-state index contributed by atoms with van der Waals surface area (Å²) in [5, 5.41) is 5.61. The van der Waals surface area contributed by atoms with Crippen molar-refractivity contribution in [2.75, 3.05) is 33.4 Å². The second kappa shape index (κ2) is 11.3. The summed E-state index contributed by atoms with van der Waals surface area (Å²) in [5.41, 5.74) is 1.56. The Labute approximate surface area is 143 Å². The lowest BCUT2D eigenvalue weighted by Crippen LogP contribution is -2.32. The number of benzene rings is 1. The topological polar surface area (TPSA) is 79.8 Å². The molecule has 0 bridgehead atoms. The molecule has 24 heavy (non-hydrogen) atoms. The molecule has 1 atom stereocenters. The number of hydrogen-bond acceptors (Lipinski definition) is 4. The zero-order chi connectivity index (χ0) is 17.8. The molecule has 6 heteroatoms. The number of amides is 2. The fraction of sp³-hybridized carbons (Fsp3) is 0.500. The van der Waals surface area contributed by atoms with Crippen molar-refractivity contribution in [1.82, 2.24) is 10.6 Å². The molecular weight excluding hydrogens is 306 g/mol. The van der Waals surface area contributed by atoms with Crippen molar-refractivity contribution < 1.29 is 14.3 Å². The van der Waals surface area contributed by atoms with Gasteiger partial charge in [-0.05, 0) is 24.1 Å². The number of ether oxygens (including phenoxy) is 1. The molecule has 1 aromatic rings. The first-order valence-electron chi connectivity index (χ1n) is 8.24. The highest BCUT2D eigenvalue weighted by molar-refractivity contribution is 5.95. The fourth-order valence-corrected chi connectivity index (χ4v) is 1.92. The number of nitrogens with zero attached hydrogens (tertiary/aromatic N) is 1. The van der Waals surface area contributed by atoms with Crippen molar-refractivity contribution in [3.63, 3.8) is 0 Å². The Kier molecular flexibility index (Phi) is 9.38. The first-order valence-corrected chi connectivity index (χ1v) is 8.24. The maximum atomic E-state index is 11.9. The van der Waals surface area contributed by atoms with E-state index >= 15 is 0 Å². The summed E-state index contributed by atoms with van der Waals surface area (Å²) >= 11 is 0. The molecule has 0 saturated heterocycles. The summed E-state index contributed by atoms with van der Waals surface area (Å²) in [6, 6.07) is 7.21. The third kappa shape index (κ3) is 7.37. The third-order valence-corrected chi connectivity index (χ3v) is 3.59. The number of hydrogen-bond donors (Lipinski definition) is 2. The normalized spacial score (nSPS) is 12.1. The van der Waals surface area contributed by atoms with Gasteiger partial charge in [0.05, 0.1) is 13.2 Å². The maximum Gasteiger partial charge on any atom is 0.251 e. The van der Waals surface area contributed by atoms with Crippen molar-refractivity contribution in [2.24, 2.45) is 10.9 Å².